The molecular formula is C14H20N2O3. The molecule has 3 N–H and O–H groups in total. The molecule has 0 aromatic heterocycles. The van der Waals surface area contributed by atoms with Crippen LogP contribution in [0.4, 0.5) is 0 Å². The van der Waals surface area contributed by atoms with Gasteiger partial charge >= 0.3 is 0 Å². The lowest BCUT2D eigenvalue weighted by Crippen LogP contribution is -2.58. The first kappa shape index (κ1) is 13.8. The van der Waals surface area contributed by atoms with Gasteiger partial charge in [0.15, 0.2) is 0 Å². The van der Waals surface area contributed by atoms with Crippen molar-refractivity contribution in [2.45, 2.75) is 13.5 Å². The van der Waals surface area contributed by atoms with Gasteiger partial charge in [0.1, 0.15) is 11.2 Å². The Labute approximate surface area is 113 Å². The number of hydrogen-bond acceptors (Lipinski definition) is 4. The Hall–Kier alpha value is -1.59. The molecule has 2 rings (SSSR count). The van der Waals surface area contributed by atoms with E-state index in [2.05, 4.69) is 5.32 Å². The summed E-state index contributed by atoms with van der Waals surface area (Å²) in [6.07, 6.45) is 0. The van der Waals surface area contributed by atoms with Crippen LogP contribution in [0.15, 0.2) is 24.3 Å². The third-order valence-electron chi connectivity index (χ3n) is 3.32. The van der Waals surface area contributed by atoms with E-state index < -0.39 is 5.41 Å². The van der Waals surface area contributed by atoms with Gasteiger partial charge in [-0.2, -0.15) is 0 Å². The van der Waals surface area contributed by atoms with Crippen LogP contribution in [0.25, 0.3) is 0 Å². The summed E-state index contributed by atoms with van der Waals surface area (Å²) in [5.74, 6) is 0.804. The van der Waals surface area contributed by atoms with Crippen LogP contribution in [0.2, 0.25) is 0 Å². The van der Waals surface area contributed by atoms with Crippen molar-refractivity contribution >= 4 is 5.91 Å². The van der Waals surface area contributed by atoms with Gasteiger partial charge in [-0.3, -0.25) is 4.79 Å². The zero-order chi connectivity index (χ0) is 13.7. The number of benzene rings is 1. The first-order valence-electron chi connectivity index (χ1n) is 6.48. The highest BCUT2D eigenvalue weighted by molar-refractivity contribution is 5.84. The number of hydrogen-bond donors (Lipinski definition) is 2. The topological polar surface area (TPSA) is 73.6 Å². The summed E-state index contributed by atoms with van der Waals surface area (Å²) in [5.41, 5.74) is 6.14. The quantitative estimate of drug-likeness (QED) is 0.792. The fourth-order valence-electron chi connectivity index (χ4n) is 1.93. The van der Waals surface area contributed by atoms with Crippen LogP contribution in [-0.4, -0.2) is 32.3 Å². The number of amides is 1. The molecule has 0 aliphatic carbocycles. The lowest BCUT2D eigenvalue weighted by atomic mass is 9.85. The molecule has 1 heterocycles. The molecule has 1 fully saturated rings. The molecule has 1 saturated heterocycles. The number of carbonyl (C=O) groups is 1. The molecular weight excluding hydrogens is 244 g/mol. The van der Waals surface area contributed by atoms with Gasteiger partial charge in [0.05, 0.1) is 19.8 Å². The van der Waals surface area contributed by atoms with Gasteiger partial charge in [0.2, 0.25) is 5.91 Å². The van der Waals surface area contributed by atoms with E-state index in [-0.39, 0.29) is 5.91 Å². The summed E-state index contributed by atoms with van der Waals surface area (Å²) in [7, 11) is 0. The maximum Gasteiger partial charge on any atom is 0.232 e. The van der Waals surface area contributed by atoms with Gasteiger partial charge in [-0.15, -0.1) is 0 Å². The third-order valence-corrected chi connectivity index (χ3v) is 3.32. The molecule has 1 amide bonds. The highest BCUT2D eigenvalue weighted by Gasteiger charge is 2.44. The van der Waals surface area contributed by atoms with Gasteiger partial charge in [-0.1, -0.05) is 12.1 Å². The van der Waals surface area contributed by atoms with Crippen molar-refractivity contribution in [1.82, 2.24) is 5.32 Å². The first-order valence-corrected chi connectivity index (χ1v) is 6.48. The van der Waals surface area contributed by atoms with Crippen molar-refractivity contribution in [3.63, 3.8) is 0 Å². The van der Waals surface area contributed by atoms with E-state index in [4.69, 9.17) is 15.2 Å². The molecule has 19 heavy (non-hydrogen) atoms. The van der Waals surface area contributed by atoms with Crippen LogP contribution in [0, 0.1) is 5.41 Å². The second-order valence-corrected chi connectivity index (χ2v) is 4.74. The van der Waals surface area contributed by atoms with Gasteiger partial charge in [0.25, 0.3) is 0 Å². The summed E-state index contributed by atoms with van der Waals surface area (Å²) >= 11 is 0. The first-order chi connectivity index (χ1) is 9.20. The van der Waals surface area contributed by atoms with Crippen molar-refractivity contribution in [3.05, 3.63) is 29.8 Å². The molecule has 104 valence electrons. The molecule has 0 spiro atoms. The largest absolute Gasteiger partial charge is 0.494 e. The van der Waals surface area contributed by atoms with Crippen LogP contribution in [0.1, 0.15) is 12.5 Å². The van der Waals surface area contributed by atoms with Crippen LogP contribution in [-0.2, 0) is 16.1 Å². The van der Waals surface area contributed by atoms with Crippen molar-refractivity contribution < 1.29 is 14.3 Å². The molecule has 1 aliphatic rings. The smallest absolute Gasteiger partial charge is 0.232 e. The summed E-state index contributed by atoms with van der Waals surface area (Å²) in [4.78, 5) is 12.0. The van der Waals surface area contributed by atoms with E-state index >= 15 is 0 Å². The van der Waals surface area contributed by atoms with E-state index in [0.29, 0.717) is 32.9 Å². The second-order valence-electron chi connectivity index (χ2n) is 4.74. The Morgan fingerprint density at radius 3 is 2.58 bits per heavy atom. The lowest BCUT2D eigenvalue weighted by molar-refractivity contribution is -0.159. The van der Waals surface area contributed by atoms with Gasteiger partial charge < -0.3 is 20.5 Å². The molecule has 0 atom stereocenters. The zero-order valence-corrected chi connectivity index (χ0v) is 11.1. The fraction of sp³-hybridized carbons (Fsp3) is 0.500. The molecule has 1 aromatic carbocycles. The summed E-state index contributed by atoms with van der Waals surface area (Å²) < 4.78 is 10.5. The maximum absolute atomic E-state index is 12.0. The average Bonchev–Trinajstić information content (AvgIpc) is 2.38. The minimum absolute atomic E-state index is 0.0323. The van der Waals surface area contributed by atoms with Crippen LogP contribution in [0.3, 0.4) is 0 Å². The normalized spacial score (nSPS) is 16.5. The van der Waals surface area contributed by atoms with Crippen molar-refractivity contribution in [3.8, 4) is 5.75 Å². The standard InChI is InChI=1S/C14H20N2O3/c1-2-19-12-5-3-11(4-6-12)7-16-13(17)14(8-15)9-18-10-14/h3-6H,2,7-10,15H2,1H3,(H,16,17). The van der Waals surface area contributed by atoms with Gasteiger partial charge in [-0.05, 0) is 24.6 Å². The number of nitrogens with two attached hydrogens (primary N) is 1. The summed E-state index contributed by atoms with van der Waals surface area (Å²) in [6.45, 7) is 4.24. The van der Waals surface area contributed by atoms with Crippen molar-refractivity contribution in [1.29, 1.82) is 0 Å². The lowest BCUT2D eigenvalue weighted by Gasteiger charge is -2.38. The van der Waals surface area contributed by atoms with Crippen molar-refractivity contribution in [2.24, 2.45) is 11.1 Å². The molecule has 0 radical (unpaired) electrons. The fourth-order valence-corrected chi connectivity index (χ4v) is 1.93. The number of ether oxygens (including phenoxy) is 2. The Bertz CT molecular complexity index is 421. The van der Waals surface area contributed by atoms with Crippen LogP contribution < -0.4 is 15.8 Å². The molecule has 0 unspecified atom stereocenters. The zero-order valence-electron chi connectivity index (χ0n) is 11.1. The maximum atomic E-state index is 12.0. The monoisotopic (exact) mass is 264 g/mol. The Morgan fingerprint density at radius 2 is 2.11 bits per heavy atom. The Kier molecular flexibility index (Phi) is 4.39. The van der Waals surface area contributed by atoms with Crippen LogP contribution >= 0.6 is 0 Å². The highest BCUT2D eigenvalue weighted by atomic mass is 16.5. The second kappa shape index (κ2) is 6.04. The molecule has 5 heteroatoms. The number of nitrogens with one attached hydrogen (secondary N) is 1. The van der Waals surface area contributed by atoms with E-state index in [9.17, 15) is 4.79 Å². The van der Waals surface area contributed by atoms with E-state index in [1.807, 2.05) is 31.2 Å². The Morgan fingerprint density at radius 1 is 1.42 bits per heavy atom. The number of carbonyl (C=O) groups excluding carboxylic acids is 1. The predicted molar refractivity (Wildman–Crippen MR) is 71.8 cm³/mol. The van der Waals surface area contributed by atoms with Gasteiger partial charge in [-0.25, -0.2) is 0 Å². The molecule has 0 bridgehead atoms. The van der Waals surface area contributed by atoms with E-state index in [0.717, 1.165) is 11.3 Å². The SMILES string of the molecule is CCOc1ccc(CNC(=O)C2(CN)COC2)cc1. The summed E-state index contributed by atoms with van der Waals surface area (Å²) in [5, 5.41) is 2.90. The summed E-state index contributed by atoms with van der Waals surface area (Å²) in [6, 6.07) is 7.68. The Balaban J connectivity index is 1.86. The molecule has 1 aromatic rings. The predicted octanol–water partition coefficient (Wildman–Crippen LogP) is 0.677. The van der Waals surface area contributed by atoms with Gasteiger partial charge in [0, 0.05) is 13.1 Å². The molecule has 0 saturated carbocycles. The number of rotatable bonds is 6. The van der Waals surface area contributed by atoms with E-state index in [1.165, 1.54) is 0 Å². The van der Waals surface area contributed by atoms with E-state index in [1.54, 1.807) is 0 Å². The average molecular weight is 264 g/mol. The van der Waals surface area contributed by atoms with Crippen LogP contribution in [0.5, 0.6) is 5.75 Å². The minimum Gasteiger partial charge on any atom is -0.494 e. The molecule has 5 nitrogen and oxygen atoms in total. The third kappa shape index (κ3) is 3.05. The highest BCUT2D eigenvalue weighted by Crippen LogP contribution is 2.26. The molecule has 1 aliphatic heterocycles. The minimum atomic E-state index is -0.523. The van der Waals surface area contributed by atoms with Crippen molar-refractivity contribution in [2.75, 3.05) is 26.4 Å².